The minimum Gasteiger partial charge on any atom is -0.463 e. The zero-order chi connectivity index (χ0) is 27.0. The van der Waals surface area contributed by atoms with E-state index in [9.17, 15) is 9.59 Å². The van der Waals surface area contributed by atoms with Crippen LogP contribution < -0.4 is 14.9 Å². The minimum atomic E-state index is -0.646. The van der Waals surface area contributed by atoms with E-state index in [1.165, 1.54) is 16.9 Å². The Bertz CT molecular complexity index is 1720. The van der Waals surface area contributed by atoms with Crippen LogP contribution in [0, 0.1) is 0 Å². The molecule has 3 heterocycles. The third-order valence-electron chi connectivity index (χ3n) is 6.45. The molecule has 5 rings (SSSR count). The van der Waals surface area contributed by atoms with Gasteiger partial charge in [0.15, 0.2) is 4.80 Å². The molecule has 1 aliphatic rings. The lowest BCUT2D eigenvalue weighted by Gasteiger charge is -2.25. The van der Waals surface area contributed by atoms with Crippen LogP contribution in [-0.4, -0.2) is 17.1 Å². The Morgan fingerprint density at radius 2 is 1.95 bits per heavy atom. The van der Waals surface area contributed by atoms with Crippen LogP contribution in [0.2, 0.25) is 5.02 Å². The first-order valence-corrected chi connectivity index (χ1v) is 13.6. The highest BCUT2D eigenvalue weighted by Crippen LogP contribution is 2.31. The van der Waals surface area contributed by atoms with E-state index in [1.807, 2.05) is 54.6 Å². The zero-order valence-electron chi connectivity index (χ0n) is 21.5. The Labute approximate surface area is 229 Å². The van der Waals surface area contributed by atoms with Crippen molar-refractivity contribution in [2.24, 2.45) is 4.99 Å². The van der Waals surface area contributed by atoms with Gasteiger partial charge in [0.1, 0.15) is 11.5 Å². The van der Waals surface area contributed by atoms with Gasteiger partial charge in [-0.1, -0.05) is 73.2 Å². The van der Waals surface area contributed by atoms with Gasteiger partial charge in [-0.3, -0.25) is 9.36 Å². The summed E-state index contributed by atoms with van der Waals surface area (Å²) in [5.41, 5.74) is 3.49. The molecule has 0 amide bonds. The van der Waals surface area contributed by atoms with Crippen LogP contribution >= 0.6 is 22.9 Å². The first-order chi connectivity index (χ1) is 18.3. The van der Waals surface area contributed by atoms with E-state index in [0.29, 0.717) is 43.1 Å². The second-order valence-corrected chi connectivity index (χ2v) is 10.8. The van der Waals surface area contributed by atoms with Crippen molar-refractivity contribution in [2.75, 3.05) is 6.61 Å². The average molecular weight is 547 g/mol. The van der Waals surface area contributed by atoms with Crippen molar-refractivity contribution < 1.29 is 13.9 Å². The molecule has 6 nitrogen and oxygen atoms in total. The number of benzene rings is 2. The molecule has 0 spiro atoms. The van der Waals surface area contributed by atoms with E-state index in [4.69, 9.17) is 20.8 Å². The number of furan rings is 1. The monoisotopic (exact) mass is 546 g/mol. The van der Waals surface area contributed by atoms with Crippen LogP contribution in [0.15, 0.2) is 86.1 Å². The van der Waals surface area contributed by atoms with Crippen LogP contribution in [0.1, 0.15) is 56.5 Å². The summed E-state index contributed by atoms with van der Waals surface area (Å²) in [5.74, 6) is 1.07. The number of hydrogen-bond acceptors (Lipinski definition) is 6. The molecule has 194 valence electrons. The molecule has 0 saturated carbocycles. The van der Waals surface area contributed by atoms with Crippen molar-refractivity contribution in [3.8, 4) is 11.3 Å². The maximum atomic E-state index is 13.8. The maximum absolute atomic E-state index is 13.8. The van der Waals surface area contributed by atoms with Crippen LogP contribution in [0.25, 0.3) is 17.4 Å². The lowest BCUT2D eigenvalue weighted by molar-refractivity contribution is -0.139. The summed E-state index contributed by atoms with van der Waals surface area (Å²) in [6.45, 7) is 8.02. The molecular weight excluding hydrogens is 520 g/mol. The summed E-state index contributed by atoms with van der Waals surface area (Å²) in [4.78, 5) is 32.0. The van der Waals surface area contributed by atoms with Crippen LogP contribution in [0.4, 0.5) is 0 Å². The number of carbonyl (C=O) groups excluding carboxylic acids is 1. The van der Waals surface area contributed by atoms with E-state index in [0.717, 1.165) is 11.1 Å². The average Bonchev–Trinajstić information content (AvgIpc) is 3.48. The van der Waals surface area contributed by atoms with Crippen LogP contribution in [-0.2, 0) is 9.53 Å². The van der Waals surface area contributed by atoms with Gasteiger partial charge >= 0.3 is 5.97 Å². The fourth-order valence-electron chi connectivity index (χ4n) is 4.53. The maximum Gasteiger partial charge on any atom is 0.338 e. The normalized spacial score (nSPS) is 15.5. The van der Waals surface area contributed by atoms with Crippen molar-refractivity contribution in [1.82, 2.24) is 4.57 Å². The van der Waals surface area contributed by atoms with Gasteiger partial charge < -0.3 is 9.15 Å². The molecule has 2 aromatic carbocycles. The number of carbonyl (C=O) groups is 1. The zero-order valence-corrected chi connectivity index (χ0v) is 23.1. The van der Waals surface area contributed by atoms with E-state index in [-0.39, 0.29) is 12.2 Å². The summed E-state index contributed by atoms with van der Waals surface area (Å²) in [7, 11) is 0. The van der Waals surface area contributed by atoms with Gasteiger partial charge in [-0.15, -0.1) is 0 Å². The SMILES string of the molecule is CCOC(=O)C1=C(C)N=c2s/c(=C\c3ccc(-c4cccc(Cl)c4)o3)c(=O)n2[C@H]1c1ccc(C(C)C)cc1. The van der Waals surface area contributed by atoms with Crippen molar-refractivity contribution in [1.29, 1.82) is 0 Å². The number of hydrogen-bond donors (Lipinski definition) is 0. The van der Waals surface area contributed by atoms with E-state index in [1.54, 1.807) is 30.6 Å². The largest absolute Gasteiger partial charge is 0.463 e. The first kappa shape index (κ1) is 25.9. The fraction of sp³-hybridized carbons (Fsp3) is 0.233. The van der Waals surface area contributed by atoms with E-state index >= 15 is 0 Å². The molecule has 1 atom stereocenters. The first-order valence-electron chi connectivity index (χ1n) is 12.4. The van der Waals surface area contributed by atoms with Gasteiger partial charge in [0.2, 0.25) is 0 Å². The molecule has 0 N–H and O–H groups in total. The Balaban J connectivity index is 1.63. The molecule has 38 heavy (non-hydrogen) atoms. The predicted octanol–water partition coefficient (Wildman–Crippen LogP) is 5.84. The van der Waals surface area contributed by atoms with Crippen molar-refractivity contribution in [3.05, 3.63) is 114 Å². The Hall–Kier alpha value is -3.68. The van der Waals surface area contributed by atoms with Gasteiger partial charge in [0, 0.05) is 16.7 Å². The van der Waals surface area contributed by atoms with Gasteiger partial charge in [-0.2, -0.15) is 0 Å². The third-order valence-corrected chi connectivity index (χ3v) is 7.66. The van der Waals surface area contributed by atoms with E-state index in [2.05, 4.69) is 18.8 Å². The number of halogens is 1. The number of fused-ring (bicyclic) bond motifs is 1. The topological polar surface area (TPSA) is 73.8 Å². The quantitative estimate of drug-likeness (QED) is 0.285. The Morgan fingerprint density at radius 3 is 2.63 bits per heavy atom. The molecule has 0 aliphatic carbocycles. The molecule has 0 fully saturated rings. The van der Waals surface area contributed by atoms with Crippen molar-refractivity contribution >= 4 is 35.0 Å². The number of thiazole rings is 1. The van der Waals surface area contributed by atoms with Crippen molar-refractivity contribution in [2.45, 2.75) is 39.7 Å². The van der Waals surface area contributed by atoms with Gasteiger partial charge in [0.25, 0.3) is 5.56 Å². The Kier molecular flexibility index (Phi) is 7.23. The second-order valence-electron chi connectivity index (χ2n) is 9.34. The number of aromatic nitrogens is 1. The van der Waals surface area contributed by atoms with Crippen molar-refractivity contribution in [3.63, 3.8) is 0 Å². The number of allylic oxidation sites excluding steroid dienone is 1. The standard InChI is InChI=1S/C30H27ClN2O4S/c1-5-36-29(35)26-18(4)32-30-33(27(26)20-11-9-19(10-12-20)17(2)3)28(34)25(38-30)16-23-13-14-24(37-23)21-7-6-8-22(31)15-21/h6-17,27H,5H2,1-4H3/b25-16-/t27-/m0/s1. The summed E-state index contributed by atoms with van der Waals surface area (Å²) in [6, 6.07) is 18.4. The molecular formula is C30H27ClN2O4S. The summed E-state index contributed by atoms with van der Waals surface area (Å²) >= 11 is 7.39. The number of ether oxygens (including phenoxy) is 1. The lowest BCUT2D eigenvalue weighted by atomic mass is 9.93. The lowest BCUT2D eigenvalue weighted by Crippen LogP contribution is -2.39. The second kappa shape index (κ2) is 10.6. The molecule has 1 aliphatic heterocycles. The van der Waals surface area contributed by atoms with Crippen LogP contribution in [0.3, 0.4) is 0 Å². The third kappa shape index (κ3) is 4.91. The predicted molar refractivity (Wildman–Crippen MR) is 150 cm³/mol. The van der Waals surface area contributed by atoms with Gasteiger partial charge in [-0.05, 0) is 55.2 Å². The molecule has 0 bridgehead atoms. The number of esters is 1. The molecule has 0 saturated heterocycles. The number of rotatable bonds is 6. The molecule has 2 aromatic heterocycles. The minimum absolute atomic E-state index is 0.229. The smallest absolute Gasteiger partial charge is 0.338 e. The number of nitrogens with zero attached hydrogens (tertiary/aromatic N) is 2. The molecule has 4 aromatic rings. The molecule has 0 unspecified atom stereocenters. The fourth-order valence-corrected chi connectivity index (χ4v) is 5.74. The highest BCUT2D eigenvalue weighted by Gasteiger charge is 2.33. The van der Waals surface area contributed by atoms with Gasteiger partial charge in [0.05, 0.1) is 28.5 Å². The van der Waals surface area contributed by atoms with E-state index < -0.39 is 12.0 Å². The molecule has 8 heteroatoms. The highest BCUT2D eigenvalue weighted by atomic mass is 35.5. The molecule has 0 radical (unpaired) electrons. The van der Waals surface area contributed by atoms with Crippen LogP contribution in [0.5, 0.6) is 0 Å². The summed E-state index contributed by atoms with van der Waals surface area (Å²) < 4.78 is 13.4. The summed E-state index contributed by atoms with van der Waals surface area (Å²) in [5, 5.41) is 0.614. The summed E-state index contributed by atoms with van der Waals surface area (Å²) in [6.07, 6.45) is 1.71. The Morgan fingerprint density at radius 1 is 1.18 bits per heavy atom. The van der Waals surface area contributed by atoms with Gasteiger partial charge in [-0.25, -0.2) is 9.79 Å². The highest BCUT2D eigenvalue weighted by molar-refractivity contribution is 7.07.